The molecule has 0 amide bonds. The van der Waals surface area contributed by atoms with Crippen LogP contribution in [0.2, 0.25) is 0 Å². The molecule has 3 aliphatic heterocycles. The minimum atomic E-state index is -1.23. The summed E-state index contributed by atoms with van der Waals surface area (Å²) < 4.78 is 28.7. The fraction of sp³-hybridized carbons (Fsp3) is 0.429. The Kier molecular flexibility index (Phi) is 14.7. The third-order valence-corrected chi connectivity index (χ3v) is 16.3. The molecule has 1 aromatic heterocycles. The summed E-state index contributed by atoms with van der Waals surface area (Å²) in [5, 5.41) is 61.3. The molecule has 398 valence electrons. The summed E-state index contributed by atoms with van der Waals surface area (Å²) in [6, 6.07) is 26.3. The van der Waals surface area contributed by atoms with Crippen molar-refractivity contribution in [3.05, 3.63) is 141 Å². The van der Waals surface area contributed by atoms with E-state index in [4.69, 9.17) is 18.9 Å². The first-order chi connectivity index (χ1) is 36.9. The number of ether oxygens (including phenoxy) is 4. The number of phenolic OH excluding ortho intramolecular Hbond substituents is 2. The first-order valence-electron chi connectivity index (χ1n) is 27.3. The van der Waals surface area contributed by atoms with E-state index in [9.17, 15) is 20.4 Å². The summed E-state index contributed by atoms with van der Waals surface area (Å²) in [7, 11) is 3.84. The van der Waals surface area contributed by atoms with E-state index in [1.165, 1.54) is 11.1 Å². The second-order valence-electron chi connectivity index (χ2n) is 22.3. The minimum Gasteiger partial charge on any atom is -0.507 e. The topological polar surface area (TPSA) is 182 Å². The van der Waals surface area contributed by atoms with Crippen LogP contribution in [0.5, 0.6) is 28.7 Å². The number of phenols is 2. The van der Waals surface area contributed by atoms with E-state index in [1.54, 1.807) is 0 Å². The predicted octanol–water partition coefficient (Wildman–Crippen LogP) is 8.45. The lowest BCUT2D eigenvalue weighted by molar-refractivity contribution is -0.141. The smallest absolute Gasteiger partial charge is 0.161 e. The maximum atomic E-state index is 12.0. The summed E-state index contributed by atoms with van der Waals surface area (Å²) in [4.78, 5) is 3.38. The molecule has 5 aliphatic rings. The zero-order valence-corrected chi connectivity index (χ0v) is 44.4. The SMILES string of the molecule is CNCO[C@]12Cc3c4c(c5c(c3O[C@@H]1c1cc(CCc3ccccc3)c(O)c(c1)OCCC#C[C@@H]2NCNC[C@@](C)(O)CC(C)C)CC[C@H](CO)O5)-c1ccc(O)c2c1[C@@H](C4)[C@@H](c1ccc3[nH]ccc3c1)C(CNC)=C2. The predicted molar refractivity (Wildman–Crippen MR) is 297 cm³/mol. The molecule has 0 saturated heterocycles. The van der Waals surface area contributed by atoms with Crippen molar-refractivity contribution in [3.63, 3.8) is 0 Å². The largest absolute Gasteiger partial charge is 0.507 e. The molecule has 13 heteroatoms. The molecule has 0 spiro atoms. The van der Waals surface area contributed by atoms with E-state index in [-0.39, 0.29) is 43.3 Å². The van der Waals surface area contributed by atoms with Gasteiger partial charge in [0.1, 0.15) is 35.0 Å². The number of aromatic hydroxyl groups is 2. The highest BCUT2D eigenvalue weighted by molar-refractivity contribution is 5.90. The number of aliphatic hydroxyl groups excluding tert-OH is 1. The molecule has 6 aromatic rings. The molecule has 4 heterocycles. The molecule has 0 radical (unpaired) electrons. The highest BCUT2D eigenvalue weighted by Gasteiger charge is 2.55. The molecule has 0 saturated carbocycles. The number of aromatic nitrogens is 1. The van der Waals surface area contributed by atoms with Crippen LogP contribution in [0.25, 0.3) is 28.1 Å². The molecule has 13 nitrogen and oxygen atoms in total. The summed E-state index contributed by atoms with van der Waals surface area (Å²) in [5.41, 5.74) is 10.8. The Bertz CT molecular complexity index is 3210. The Balaban J connectivity index is 1.13. The highest BCUT2D eigenvalue weighted by atomic mass is 16.6. The van der Waals surface area contributed by atoms with Crippen LogP contribution in [0.15, 0.2) is 90.6 Å². The van der Waals surface area contributed by atoms with E-state index >= 15 is 0 Å². The van der Waals surface area contributed by atoms with E-state index in [0.29, 0.717) is 88.5 Å². The van der Waals surface area contributed by atoms with Gasteiger partial charge in [0.05, 0.1) is 25.5 Å². The van der Waals surface area contributed by atoms with Gasteiger partial charge in [-0.05, 0) is 164 Å². The van der Waals surface area contributed by atoms with E-state index in [0.717, 1.165) is 72.3 Å². The second kappa shape index (κ2) is 21.6. The number of hydrogen-bond donors (Lipinski definition) is 9. The monoisotopic (exact) mass is 1030 g/mol. The van der Waals surface area contributed by atoms with Crippen LogP contribution in [0.3, 0.4) is 0 Å². The highest BCUT2D eigenvalue weighted by Crippen LogP contribution is 2.62. The van der Waals surface area contributed by atoms with Crippen LogP contribution in [-0.2, 0) is 36.8 Å². The molecule has 0 fully saturated rings. The number of benzene rings is 5. The average molecular weight is 1030 g/mol. The normalized spacial score (nSPS) is 22.9. The van der Waals surface area contributed by atoms with Crippen molar-refractivity contribution < 1.29 is 39.4 Å². The van der Waals surface area contributed by atoms with Crippen LogP contribution < -0.4 is 35.5 Å². The van der Waals surface area contributed by atoms with Crippen molar-refractivity contribution in [2.45, 2.75) is 113 Å². The van der Waals surface area contributed by atoms with Gasteiger partial charge in [-0.3, -0.25) is 10.6 Å². The fourth-order valence-corrected chi connectivity index (χ4v) is 13.2. The van der Waals surface area contributed by atoms with E-state index in [1.807, 2.05) is 57.5 Å². The Hall–Kier alpha value is -6.34. The van der Waals surface area contributed by atoms with Gasteiger partial charge in [0, 0.05) is 72.5 Å². The van der Waals surface area contributed by atoms with Gasteiger partial charge in [-0.2, -0.15) is 0 Å². The quantitative estimate of drug-likeness (QED) is 0.0242. The van der Waals surface area contributed by atoms with Crippen LogP contribution in [0.4, 0.5) is 0 Å². The number of hydrogen-bond acceptors (Lipinski definition) is 12. The van der Waals surface area contributed by atoms with Gasteiger partial charge in [-0.1, -0.05) is 68.2 Å². The zero-order chi connectivity index (χ0) is 52.7. The Morgan fingerprint density at radius 3 is 2.59 bits per heavy atom. The molecule has 9 N–H and O–H groups in total. The number of aliphatic hydroxyl groups is 2. The van der Waals surface area contributed by atoms with Gasteiger partial charge in [0.15, 0.2) is 17.6 Å². The molecule has 0 unspecified atom stereocenters. The molecule has 5 aromatic carbocycles. The van der Waals surface area contributed by atoms with Gasteiger partial charge >= 0.3 is 0 Å². The zero-order valence-electron chi connectivity index (χ0n) is 44.4. The van der Waals surface area contributed by atoms with Crippen LogP contribution in [-0.4, -0.2) is 103 Å². The van der Waals surface area contributed by atoms with E-state index in [2.05, 4.69) is 107 Å². The van der Waals surface area contributed by atoms with Crippen LogP contribution in [0.1, 0.15) is 108 Å². The van der Waals surface area contributed by atoms with Crippen molar-refractivity contribution in [2.75, 3.05) is 53.8 Å². The van der Waals surface area contributed by atoms with Crippen molar-refractivity contribution in [3.8, 4) is 51.7 Å². The van der Waals surface area contributed by atoms with Gasteiger partial charge in [-0.15, -0.1) is 0 Å². The van der Waals surface area contributed by atoms with Crippen LogP contribution in [0, 0.1) is 17.8 Å². The molecule has 7 atom stereocenters. The third-order valence-electron chi connectivity index (χ3n) is 16.3. The standard InChI is InChI=1S/C63H73N5O8/c1-37(2)30-62(3,72)34-66-35-68-54-13-9-10-24-73-53-28-42(26-41(58(53)71)15-14-38-11-7-6-8-12-38)61-63(54,74-36-65-5)31-50-47-29-49-55(40-16-20-51-39(25-40)22-23-67-51)43(32-64-4)27-48-52(70)21-19-45(56(48)49)57(47)60-46(59(50)76-61)18-17-44(33-69)75-60/h6-8,11-12,16,19-23,25-28,37,44,49,54-55,61,64-72H,10,14-15,17-18,24,29-36H2,1-5H3/t44-,49+,54+,55+,61-,62+,63+/m1/s1. The average Bonchev–Trinajstić information content (AvgIpc) is 3.90. The van der Waals surface area contributed by atoms with Gasteiger partial charge in [-0.25, -0.2) is 0 Å². The molecule has 76 heavy (non-hydrogen) atoms. The van der Waals surface area contributed by atoms with E-state index < -0.39 is 29.5 Å². The van der Waals surface area contributed by atoms with Crippen LogP contribution >= 0.6 is 0 Å². The maximum Gasteiger partial charge on any atom is 0.161 e. The molecular weight excluding hydrogens is 955 g/mol. The van der Waals surface area contributed by atoms with Gasteiger partial charge in [0.2, 0.25) is 0 Å². The van der Waals surface area contributed by atoms with Crippen molar-refractivity contribution in [1.29, 1.82) is 0 Å². The lowest BCUT2D eigenvalue weighted by atomic mass is 9.62. The summed E-state index contributed by atoms with van der Waals surface area (Å²) in [6.45, 7) is 7.68. The lowest BCUT2D eigenvalue weighted by Gasteiger charge is -2.50. The molecule has 11 rings (SSSR count). The Labute approximate surface area is 446 Å². The number of rotatable bonds is 17. The first kappa shape index (κ1) is 51.8. The molecular formula is C63H73N5O8. The third kappa shape index (κ3) is 9.74. The first-order valence-corrected chi connectivity index (χ1v) is 27.3. The number of fused-ring (bicyclic) bond motifs is 12. The lowest BCUT2D eigenvalue weighted by Crippen LogP contribution is -2.62. The van der Waals surface area contributed by atoms with Crippen molar-refractivity contribution in [1.82, 2.24) is 26.3 Å². The van der Waals surface area contributed by atoms with Gasteiger partial charge < -0.3 is 55.0 Å². The number of aromatic amines is 1. The molecule has 2 bridgehead atoms. The fourth-order valence-electron chi connectivity index (χ4n) is 13.2. The van der Waals surface area contributed by atoms with Crippen molar-refractivity contribution >= 4 is 17.0 Å². The Morgan fingerprint density at radius 1 is 0.934 bits per heavy atom. The Morgan fingerprint density at radius 2 is 1.79 bits per heavy atom. The number of aryl methyl sites for hydroxylation is 2. The number of H-pyrrole nitrogens is 1. The number of nitrogens with one attached hydrogen (secondary N) is 5. The van der Waals surface area contributed by atoms with Crippen molar-refractivity contribution in [2.24, 2.45) is 5.92 Å². The van der Waals surface area contributed by atoms with Gasteiger partial charge in [0.25, 0.3) is 0 Å². The second-order valence-corrected chi connectivity index (χ2v) is 22.3. The number of likely N-dealkylation sites (N-methyl/N-ethyl adjacent to an activating group) is 1. The minimum absolute atomic E-state index is 0.0566. The summed E-state index contributed by atoms with van der Waals surface area (Å²) in [6.07, 6.45) is 7.34. The maximum absolute atomic E-state index is 12.0. The summed E-state index contributed by atoms with van der Waals surface area (Å²) in [5.74, 6) is 9.39. The summed E-state index contributed by atoms with van der Waals surface area (Å²) >= 11 is 0. The molecule has 2 aliphatic carbocycles.